The molecule has 0 saturated heterocycles. The number of oxazole rings is 1. The highest BCUT2D eigenvalue weighted by atomic mass is 16.6. The number of esters is 1. The third-order valence-corrected chi connectivity index (χ3v) is 3.83. The van der Waals surface area contributed by atoms with Gasteiger partial charge in [-0.05, 0) is 12.1 Å². The molecule has 0 atom stereocenters. The number of carbonyl (C=O) groups is 1. The zero-order valence-corrected chi connectivity index (χ0v) is 14.8. The highest BCUT2D eigenvalue weighted by molar-refractivity contribution is 5.91. The first-order valence-electron chi connectivity index (χ1n) is 8.08. The van der Waals surface area contributed by atoms with E-state index in [1.54, 1.807) is 25.2 Å². The number of ether oxygens (including phenoxy) is 1. The first-order valence-corrected chi connectivity index (χ1v) is 8.08. The van der Waals surface area contributed by atoms with Crippen molar-refractivity contribution in [2.24, 2.45) is 0 Å². The van der Waals surface area contributed by atoms with Crippen LogP contribution in [0.2, 0.25) is 0 Å². The molecule has 0 aliphatic rings. The van der Waals surface area contributed by atoms with Crippen molar-refractivity contribution in [1.29, 1.82) is 0 Å². The molecule has 0 aliphatic heterocycles. The van der Waals surface area contributed by atoms with Crippen LogP contribution >= 0.6 is 0 Å². The van der Waals surface area contributed by atoms with Gasteiger partial charge in [0, 0.05) is 25.7 Å². The number of nitro benzene ring substituents is 1. The van der Waals surface area contributed by atoms with Crippen molar-refractivity contribution >= 4 is 17.3 Å². The Kier molecular flexibility index (Phi) is 5.16. The molecular weight excluding hydrogens is 350 g/mol. The minimum absolute atomic E-state index is 0.0853. The van der Waals surface area contributed by atoms with Crippen LogP contribution in [0.15, 0.2) is 59.1 Å². The van der Waals surface area contributed by atoms with E-state index < -0.39 is 10.9 Å². The van der Waals surface area contributed by atoms with Crippen molar-refractivity contribution in [3.8, 4) is 11.3 Å². The Morgan fingerprint density at radius 2 is 1.96 bits per heavy atom. The van der Waals surface area contributed by atoms with Crippen LogP contribution in [0.3, 0.4) is 0 Å². The first kappa shape index (κ1) is 18.1. The van der Waals surface area contributed by atoms with E-state index in [0.29, 0.717) is 11.4 Å². The summed E-state index contributed by atoms with van der Waals surface area (Å²) >= 11 is 0. The summed E-state index contributed by atoms with van der Waals surface area (Å²) in [6, 6.07) is 13.6. The van der Waals surface area contributed by atoms with E-state index in [2.05, 4.69) is 4.98 Å². The van der Waals surface area contributed by atoms with Crippen molar-refractivity contribution in [2.75, 3.05) is 19.0 Å². The third-order valence-electron chi connectivity index (χ3n) is 3.83. The quantitative estimate of drug-likeness (QED) is 0.372. The Balaban J connectivity index is 1.70. The predicted octanol–water partition coefficient (Wildman–Crippen LogP) is 3.67. The molecule has 1 aromatic heterocycles. The number of aromatic nitrogens is 1. The Hall–Kier alpha value is -3.68. The number of nitrogens with zero attached hydrogens (tertiary/aromatic N) is 3. The topological polar surface area (TPSA) is 98.7 Å². The Morgan fingerprint density at radius 1 is 1.22 bits per heavy atom. The molecular formula is C19H17N3O5. The summed E-state index contributed by atoms with van der Waals surface area (Å²) in [6.45, 7) is -0.172. The summed E-state index contributed by atoms with van der Waals surface area (Å²) in [7, 11) is 3.38. The highest BCUT2D eigenvalue weighted by Crippen LogP contribution is 2.28. The van der Waals surface area contributed by atoms with Crippen LogP contribution in [-0.2, 0) is 11.3 Å². The van der Waals surface area contributed by atoms with Crippen LogP contribution in [0.25, 0.3) is 11.3 Å². The lowest BCUT2D eigenvalue weighted by atomic mass is 10.1. The maximum atomic E-state index is 12.2. The maximum Gasteiger partial charge on any atom is 0.338 e. The van der Waals surface area contributed by atoms with E-state index in [0.717, 1.165) is 5.56 Å². The lowest BCUT2D eigenvalue weighted by Gasteiger charge is -2.13. The number of hydrogen-bond donors (Lipinski definition) is 0. The lowest BCUT2D eigenvalue weighted by Crippen LogP contribution is -2.12. The second kappa shape index (κ2) is 7.69. The molecule has 0 amide bonds. The second-order valence-electron chi connectivity index (χ2n) is 5.92. The van der Waals surface area contributed by atoms with Gasteiger partial charge in [0.1, 0.15) is 5.69 Å². The molecule has 3 aromatic rings. The fraction of sp³-hybridized carbons (Fsp3) is 0.158. The molecule has 0 spiro atoms. The molecule has 8 heteroatoms. The van der Waals surface area contributed by atoms with Gasteiger partial charge in [-0.25, -0.2) is 9.78 Å². The number of hydrogen-bond acceptors (Lipinski definition) is 7. The zero-order chi connectivity index (χ0) is 19.4. The number of carbonyl (C=O) groups excluding carboxylic acids is 1. The van der Waals surface area contributed by atoms with Crippen LogP contribution in [0.1, 0.15) is 16.2 Å². The smallest absolute Gasteiger partial charge is 0.338 e. The third kappa shape index (κ3) is 4.12. The van der Waals surface area contributed by atoms with Crippen molar-refractivity contribution in [3.63, 3.8) is 0 Å². The van der Waals surface area contributed by atoms with Gasteiger partial charge in [-0.1, -0.05) is 30.3 Å². The number of anilines is 1. The van der Waals surface area contributed by atoms with E-state index in [1.165, 1.54) is 18.2 Å². The maximum absolute atomic E-state index is 12.2. The molecule has 0 fully saturated rings. The average molecular weight is 367 g/mol. The monoisotopic (exact) mass is 367 g/mol. The molecule has 2 aromatic carbocycles. The normalized spacial score (nSPS) is 10.4. The highest BCUT2D eigenvalue weighted by Gasteiger charge is 2.20. The largest absolute Gasteiger partial charge is 0.452 e. The lowest BCUT2D eigenvalue weighted by molar-refractivity contribution is -0.384. The molecule has 8 nitrogen and oxygen atoms in total. The standard InChI is InChI=1S/C19H17N3O5/c1-21(2)15-9-8-14(10-16(15)22(24)25)19(23)26-12-18-20-11-17(27-18)13-6-4-3-5-7-13/h3-11H,12H2,1-2H3. The van der Waals surface area contributed by atoms with Crippen LogP contribution in [0.4, 0.5) is 11.4 Å². The van der Waals surface area contributed by atoms with Gasteiger partial charge < -0.3 is 14.1 Å². The van der Waals surface area contributed by atoms with E-state index in [-0.39, 0.29) is 23.7 Å². The van der Waals surface area contributed by atoms with Crippen molar-refractivity contribution < 1.29 is 18.9 Å². The Labute approximate surface area is 155 Å². The summed E-state index contributed by atoms with van der Waals surface area (Å²) in [5.41, 5.74) is 1.17. The second-order valence-corrected chi connectivity index (χ2v) is 5.92. The van der Waals surface area contributed by atoms with Crippen molar-refractivity contribution in [1.82, 2.24) is 4.98 Å². The summed E-state index contributed by atoms with van der Waals surface area (Å²) < 4.78 is 10.7. The van der Waals surface area contributed by atoms with Gasteiger partial charge in [0.2, 0.25) is 5.89 Å². The zero-order valence-electron chi connectivity index (χ0n) is 14.8. The molecule has 0 radical (unpaired) electrons. The van der Waals surface area contributed by atoms with Crippen LogP contribution in [-0.4, -0.2) is 30.0 Å². The SMILES string of the molecule is CN(C)c1ccc(C(=O)OCc2ncc(-c3ccccc3)o2)cc1[N+](=O)[O-]. The number of rotatable bonds is 6. The Bertz CT molecular complexity index is 966. The molecule has 138 valence electrons. The molecule has 1 heterocycles. The van der Waals surface area contributed by atoms with Gasteiger partial charge >= 0.3 is 5.97 Å². The van der Waals surface area contributed by atoms with Crippen molar-refractivity contribution in [2.45, 2.75) is 6.61 Å². The van der Waals surface area contributed by atoms with E-state index >= 15 is 0 Å². The fourth-order valence-electron chi connectivity index (χ4n) is 2.50. The summed E-state index contributed by atoms with van der Waals surface area (Å²) in [6.07, 6.45) is 1.55. The summed E-state index contributed by atoms with van der Waals surface area (Å²) in [5.74, 6) is 0.108. The number of nitro groups is 1. The Morgan fingerprint density at radius 3 is 2.63 bits per heavy atom. The number of benzene rings is 2. The first-order chi connectivity index (χ1) is 13.0. The van der Waals surface area contributed by atoms with Gasteiger partial charge in [-0.2, -0.15) is 0 Å². The molecule has 0 saturated carbocycles. The predicted molar refractivity (Wildman–Crippen MR) is 98.5 cm³/mol. The minimum Gasteiger partial charge on any atom is -0.452 e. The summed E-state index contributed by atoms with van der Waals surface area (Å²) in [4.78, 5) is 28.6. The van der Waals surface area contributed by atoms with Crippen LogP contribution < -0.4 is 4.90 Å². The van der Waals surface area contributed by atoms with Crippen molar-refractivity contribution in [3.05, 3.63) is 76.3 Å². The van der Waals surface area contributed by atoms with Gasteiger partial charge in [-0.15, -0.1) is 0 Å². The van der Waals surface area contributed by atoms with Gasteiger partial charge in [0.05, 0.1) is 16.7 Å². The minimum atomic E-state index is -0.692. The molecule has 0 N–H and O–H groups in total. The molecule has 0 bridgehead atoms. The van der Waals surface area contributed by atoms with E-state index in [4.69, 9.17) is 9.15 Å². The molecule has 27 heavy (non-hydrogen) atoms. The molecule has 3 rings (SSSR count). The molecule has 0 unspecified atom stereocenters. The van der Waals surface area contributed by atoms with Gasteiger partial charge in [0.15, 0.2) is 12.4 Å². The van der Waals surface area contributed by atoms with Crippen LogP contribution in [0, 0.1) is 10.1 Å². The van der Waals surface area contributed by atoms with Crippen LogP contribution in [0.5, 0.6) is 0 Å². The van der Waals surface area contributed by atoms with Gasteiger partial charge in [-0.3, -0.25) is 10.1 Å². The fourth-order valence-corrected chi connectivity index (χ4v) is 2.50. The molecule has 0 aliphatic carbocycles. The van der Waals surface area contributed by atoms with E-state index in [1.807, 2.05) is 30.3 Å². The van der Waals surface area contributed by atoms with E-state index in [9.17, 15) is 14.9 Å². The average Bonchev–Trinajstić information content (AvgIpc) is 3.15. The van der Waals surface area contributed by atoms with Gasteiger partial charge in [0.25, 0.3) is 5.69 Å². The summed E-state index contributed by atoms with van der Waals surface area (Å²) in [5, 5.41) is 11.2.